The Hall–Kier alpha value is -2.36. The number of pyridine rings is 1. The van der Waals surface area contributed by atoms with Crippen LogP contribution in [0.3, 0.4) is 0 Å². The first-order chi connectivity index (χ1) is 13.2. The standard InChI is InChI=1S/C18H23N7OS/c1-26-10-11-9-15(25-18-23-14-7-4-8-20-16(14)27-18)24-17(21-11)22-13-6-3-2-5-12(13)19/h4,7-9,12-13H,2-3,5-6,10,19H2,1H3,(H2,21,22,23,24,25)/t12-,13+/m0/s1. The van der Waals surface area contributed by atoms with Gasteiger partial charge < -0.3 is 21.1 Å². The van der Waals surface area contributed by atoms with Crippen LogP contribution in [0, 0.1) is 0 Å². The zero-order valence-corrected chi connectivity index (χ0v) is 16.0. The van der Waals surface area contributed by atoms with E-state index in [1.54, 1.807) is 13.3 Å². The summed E-state index contributed by atoms with van der Waals surface area (Å²) in [5.41, 5.74) is 7.91. The lowest BCUT2D eigenvalue weighted by molar-refractivity contribution is 0.181. The van der Waals surface area contributed by atoms with Crippen LogP contribution in [0.15, 0.2) is 24.4 Å². The average Bonchev–Trinajstić information content (AvgIpc) is 3.06. The van der Waals surface area contributed by atoms with E-state index < -0.39 is 0 Å². The Morgan fingerprint density at radius 1 is 1.26 bits per heavy atom. The molecule has 1 saturated carbocycles. The van der Waals surface area contributed by atoms with Crippen LogP contribution in [0.2, 0.25) is 0 Å². The number of thiazole rings is 1. The quantitative estimate of drug-likeness (QED) is 0.594. The average molecular weight is 385 g/mol. The summed E-state index contributed by atoms with van der Waals surface area (Å²) in [6.45, 7) is 0.407. The molecule has 0 amide bonds. The van der Waals surface area contributed by atoms with Crippen LogP contribution in [0.25, 0.3) is 10.3 Å². The Labute approximate surface area is 161 Å². The Balaban J connectivity index is 1.58. The van der Waals surface area contributed by atoms with E-state index in [9.17, 15) is 0 Å². The number of anilines is 3. The number of hydrogen-bond acceptors (Lipinski definition) is 9. The summed E-state index contributed by atoms with van der Waals surface area (Å²) in [7, 11) is 1.65. The van der Waals surface area contributed by atoms with Crippen molar-refractivity contribution in [2.75, 3.05) is 17.7 Å². The highest BCUT2D eigenvalue weighted by Crippen LogP contribution is 2.27. The molecule has 4 N–H and O–H groups in total. The highest BCUT2D eigenvalue weighted by atomic mass is 32.1. The van der Waals surface area contributed by atoms with Crippen LogP contribution in [0.5, 0.6) is 0 Å². The number of hydrogen-bond donors (Lipinski definition) is 3. The van der Waals surface area contributed by atoms with Gasteiger partial charge in [-0.15, -0.1) is 0 Å². The lowest BCUT2D eigenvalue weighted by Crippen LogP contribution is -2.43. The fourth-order valence-corrected chi connectivity index (χ4v) is 4.10. The van der Waals surface area contributed by atoms with Crippen LogP contribution in [0.1, 0.15) is 31.4 Å². The topological polar surface area (TPSA) is 111 Å². The van der Waals surface area contributed by atoms with Gasteiger partial charge in [-0.3, -0.25) is 0 Å². The molecule has 0 radical (unpaired) electrons. The van der Waals surface area contributed by atoms with Gasteiger partial charge >= 0.3 is 0 Å². The predicted molar refractivity (Wildman–Crippen MR) is 107 cm³/mol. The molecule has 3 aromatic rings. The van der Waals surface area contributed by atoms with Crippen molar-refractivity contribution < 1.29 is 4.74 Å². The molecule has 9 heteroatoms. The fraction of sp³-hybridized carbons (Fsp3) is 0.444. The van der Waals surface area contributed by atoms with Crippen molar-refractivity contribution in [2.24, 2.45) is 5.73 Å². The van der Waals surface area contributed by atoms with Gasteiger partial charge in [-0.05, 0) is 25.0 Å². The Kier molecular flexibility index (Phi) is 5.42. The van der Waals surface area contributed by atoms with Crippen molar-refractivity contribution in [3.05, 3.63) is 30.1 Å². The van der Waals surface area contributed by atoms with Crippen LogP contribution >= 0.6 is 11.3 Å². The van der Waals surface area contributed by atoms with E-state index in [0.717, 1.165) is 34.0 Å². The van der Waals surface area contributed by atoms with Crippen LogP contribution in [-0.2, 0) is 11.3 Å². The van der Waals surface area contributed by atoms with Gasteiger partial charge in [0, 0.05) is 31.5 Å². The molecule has 0 aromatic carbocycles. The fourth-order valence-electron chi connectivity index (χ4n) is 3.29. The molecule has 0 unspecified atom stereocenters. The maximum atomic E-state index is 6.25. The van der Waals surface area contributed by atoms with Gasteiger partial charge in [0.1, 0.15) is 16.2 Å². The monoisotopic (exact) mass is 385 g/mol. The van der Waals surface area contributed by atoms with Gasteiger partial charge in [-0.25, -0.2) is 15.0 Å². The summed E-state index contributed by atoms with van der Waals surface area (Å²) in [5.74, 6) is 1.23. The molecule has 1 aliphatic carbocycles. The van der Waals surface area contributed by atoms with Gasteiger partial charge in [-0.2, -0.15) is 4.98 Å². The maximum absolute atomic E-state index is 6.25. The van der Waals surface area contributed by atoms with Crippen molar-refractivity contribution >= 4 is 38.6 Å². The summed E-state index contributed by atoms with van der Waals surface area (Å²) < 4.78 is 5.25. The van der Waals surface area contributed by atoms with E-state index in [4.69, 9.17) is 10.5 Å². The SMILES string of the molecule is COCc1cc(Nc2nc3cccnc3s2)nc(N[C@@H]2CCCC[C@@H]2N)n1. The Morgan fingerprint density at radius 3 is 2.96 bits per heavy atom. The van der Waals surface area contributed by atoms with E-state index in [1.165, 1.54) is 24.2 Å². The molecule has 27 heavy (non-hydrogen) atoms. The minimum atomic E-state index is 0.125. The highest BCUT2D eigenvalue weighted by molar-refractivity contribution is 7.21. The largest absolute Gasteiger partial charge is 0.378 e. The zero-order chi connectivity index (χ0) is 18.6. The summed E-state index contributed by atoms with van der Waals surface area (Å²) in [6, 6.07) is 6.01. The minimum Gasteiger partial charge on any atom is -0.378 e. The minimum absolute atomic E-state index is 0.125. The zero-order valence-electron chi connectivity index (χ0n) is 15.2. The molecule has 8 nitrogen and oxygen atoms in total. The molecule has 3 aromatic heterocycles. The lowest BCUT2D eigenvalue weighted by Gasteiger charge is -2.29. The Morgan fingerprint density at radius 2 is 2.15 bits per heavy atom. The number of nitrogens with zero attached hydrogens (tertiary/aromatic N) is 4. The number of aromatic nitrogens is 4. The van der Waals surface area contributed by atoms with Gasteiger partial charge in [0.25, 0.3) is 0 Å². The number of fused-ring (bicyclic) bond motifs is 1. The predicted octanol–water partition coefficient (Wildman–Crippen LogP) is 3.05. The molecule has 0 aliphatic heterocycles. The molecule has 0 saturated heterocycles. The molecular formula is C18H23N7OS. The second-order valence-corrected chi connectivity index (χ2v) is 7.65. The van der Waals surface area contributed by atoms with Crippen molar-refractivity contribution in [1.82, 2.24) is 19.9 Å². The molecule has 1 fully saturated rings. The van der Waals surface area contributed by atoms with E-state index in [-0.39, 0.29) is 12.1 Å². The first-order valence-corrected chi connectivity index (χ1v) is 9.90. The van der Waals surface area contributed by atoms with Gasteiger partial charge in [0.15, 0.2) is 5.13 Å². The summed E-state index contributed by atoms with van der Waals surface area (Å²) >= 11 is 1.49. The van der Waals surface area contributed by atoms with Crippen molar-refractivity contribution in [3.63, 3.8) is 0 Å². The molecule has 2 atom stereocenters. The first-order valence-electron chi connectivity index (χ1n) is 9.09. The summed E-state index contributed by atoms with van der Waals surface area (Å²) in [4.78, 5) is 18.9. The molecule has 3 heterocycles. The lowest BCUT2D eigenvalue weighted by atomic mass is 9.91. The third-order valence-electron chi connectivity index (χ3n) is 4.61. The summed E-state index contributed by atoms with van der Waals surface area (Å²) in [5, 5.41) is 7.42. The number of nitrogens with two attached hydrogens (primary N) is 1. The van der Waals surface area contributed by atoms with E-state index in [0.29, 0.717) is 18.4 Å². The molecule has 0 spiro atoms. The highest BCUT2D eigenvalue weighted by Gasteiger charge is 2.22. The molecule has 1 aliphatic rings. The van der Waals surface area contributed by atoms with Crippen molar-refractivity contribution in [1.29, 1.82) is 0 Å². The van der Waals surface area contributed by atoms with Gasteiger partial charge in [-0.1, -0.05) is 24.2 Å². The molecular weight excluding hydrogens is 362 g/mol. The van der Waals surface area contributed by atoms with Crippen LogP contribution < -0.4 is 16.4 Å². The normalized spacial score (nSPS) is 19.9. The second kappa shape index (κ2) is 8.12. The maximum Gasteiger partial charge on any atom is 0.225 e. The summed E-state index contributed by atoms with van der Waals surface area (Å²) in [6.07, 6.45) is 6.18. The number of methoxy groups -OCH3 is 1. The second-order valence-electron chi connectivity index (χ2n) is 6.67. The van der Waals surface area contributed by atoms with Crippen LogP contribution in [0.4, 0.5) is 16.9 Å². The van der Waals surface area contributed by atoms with E-state index in [1.807, 2.05) is 18.2 Å². The number of nitrogens with one attached hydrogen (secondary N) is 2. The Bertz CT molecular complexity index is 883. The van der Waals surface area contributed by atoms with Crippen molar-refractivity contribution in [2.45, 2.75) is 44.4 Å². The number of rotatable bonds is 6. The van der Waals surface area contributed by atoms with E-state index in [2.05, 4.69) is 30.6 Å². The first kappa shape index (κ1) is 18.0. The molecule has 142 valence electrons. The van der Waals surface area contributed by atoms with E-state index >= 15 is 0 Å². The smallest absolute Gasteiger partial charge is 0.225 e. The van der Waals surface area contributed by atoms with Crippen LogP contribution in [-0.4, -0.2) is 39.1 Å². The molecule has 0 bridgehead atoms. The van der Waals surface area contributed by atoms with Crippen molar-refractivity contribution in [3.8, 4) is 0 Å². The third-order valence-corrected chi connectivity index (χ3v) is 5.50. The molecule has 4 rings (SSSR count). The number of ether oxygens (including phenoxy) is 1. The van der Waals surface area contributed by atoms with Gasteiger partial charge in [0.2, 0.25) is 5.95 Å². The van der Waals surface area contributed by atoms with Gasteiger partial charge in [0.05, 0.1) is 12.3 Å². The third kappa shape index (κ3) is 4.32.